The second-order valence-electron chi connectivity index (χ2n) is 5.11. The monoisotopic (exact) mass is 290 g/mol. The summed E-state index contributed by atoms with van der Waals surface area (Å²) in [4.78, 5) is 10.9. The Bertz CT molecular complexity index is 362. The smallest absolute Gasteiger partial charge is 0.305 e. The highest BCUT2D eigenvalue weighted by Crippen LogP contribution is 2.08. The van der Waals surface area contributed by atoms with Crippen LogP contribution in [0.3, 0.4) is 0 Å². The molecule has 0 atom stereocenters. The molecule has 0 fully saturated rings. The molecular formula is C19H30O2. The van der Waals surface area contributed by atoms with Crippen molar-refractivity contribution in [3.63, 3.8) is 0 Å². The summed E-state index contributed by atoms with van der Waals surface area (Å²) in [6.07, 6.45) is 12.6. The van der Waals surface area contributed by atoms with Gasteiger partial charge in [0.25, 0.3) is 0 Å². The average molecular weight is 290 g/mol. The van der Waals surface area contributed by atoms with E-state index >= 15 is 0 Å². The lowest BCUT2D eigenvalue weighted by atomic mass is 10.1. The first kappa shape index (κ1) is 19.6. The summed E-state index contributed by atoms with van der Waals surface area (Å²) in [6.45, 7) is 2.08. The van der Waals surface area contributed by atoms with E-state index in [2.05, 4.69) is 35.3 Å². The van der Waals surface area contributed by atoms with Crippen LogP contribution in [0.1, 0.15) is 84.0 Å². The van der Waals surface area contributed by atoms with E-state index in [0.717, 1.165) is 44.9 Å². The van der Waals surface area contributed by atoms with Crippen LogP contribution in [-0.2, 0) is 9.53 Å². The third-order valence-electron chi connectivity index (χ3n) is 3.19. The Hall–Kier alpha value is -1.41. The van der Waals surface area contributed by atoms with Crippen LogP contribution in [0.25, 0.3) is 0 Å². The number of esters is 1. The van der Waals surface area contributed by atoms with E-state index in [0.29, 0.717) is 6.42 Å². The predicted octanol–water partition coefficient (Wildman–Crippen LogP) is 4.87. The Morgan fingerprint density at radius 3 is 1.90 bits per heavy atom. The summed E-state index contributed by atoms with van der Waals surface area (Å²) in [6, 6.07) is 0. The van der Waals surface area contributed by atoms with Crippen molar-refractivity contribution >= 4 is 5.97 Å². The number of rotatable bonds is 10. The maximum Gasteiger partial charge on any atom is 0.305 e. The van der Waals surface area contributed by atoms with Crippen molar-refractivity contribution in [2.45, 2.75) is 84.0 Å². The highest BCUT2D eigenvalue weighted by Gasteiger charge is 1.98. The van der Waals surface area contributed by atoms with Crippen molar-refractivity contribution in [3.05, 3.63) is 0 Å². The molecule has 2 nitrogen and oxygen atoms in total. The molecule has 0 aliphatic heterocycles. The summed E-state index contributed by atoms with van der Waals surface area (Å²) in [5, 5.41) is 0. The fraction of sp³-hybridized carbons (Fsp3) is 0.737. The van der Waals surface area contributed by atoms with E-state index in [4.69, 9.17) is 0 Å². The van der Waals surface area contributed by atoms with Crippen molar-refractivity contribution in [3.8, 4) is 23.7 Å². The molecule has 0 N–H and O–H groups in total. The molecule has 0 spiro atoms. The van der Waals surface area contributed by atoms with Gasteiger partial charge in [0, 0.05) is 32.1 Å². The topological polar surface area (TPSA) is 26.3 Å². The van der Waals surface area contributed by atoms with E-state index in [1.54, 1.807) is 0 Å². The minimum absolute atomic E-state index is 0.0917. The molecule has 0 aliphatic carbocycles. The van der Waals surface area contributed by atoms with Gasteiger partial charge in [-0.15, -0.1) is 23.7 Å². The quantitative estimate of drug-likeness (QED) is 0.326. The van der Waals surface area contributed by atoms with E-state index < -0.39 is 0 Å². The molecule has 0 aliphatic rings. The molecule has 0 radical (unpaired) electrons. The lowest BCUT2D eigenvalue weighted by molar-refractivity contribution is -0.140. The van der Waals surface area contributed by atoms with E-state index in [-0.39, 0.29) is 5.97 Å². The Balaban J connectivity index is 3.20. The molecule has 0 bridgehead atoms. The number of hydrogen-bond acceptors (Lipinski definition) is 2. The zero-order chi connectivity index (χ0) is 15.6. The summed E-state index contributed by atoms with van der Waals surface area (Å²) in [5.74, 6) is 12.6. The number of ether oxygens (including phenoxy) is 1. The maximum atomic E-state index is 10.9. The molecule has 0 aromatic carbocycles. The van der Waals surface area contributed by atoms with Crippen LogP contribution in [0.5, 0.6) is 0 Å². The molecule has 118 valence electrons. The Morgan fingerprint density at radius 1 is 0.762 bits per heavy atom. The van der Waals surface area contributed by atoms with Crippen molar-refractivity contribution in [2.75, 3.05) is 7.11 Å². The van der Waals surface area contributed by atoms with Crippen molar-refractivity contribution in [1.29, 1.82) is 0 Å². The average Bonchev–Trinajstić information content (AvgIpc) is 2.50. The SMILES string of the molecule is CCC#CCCCC#CCCCCCCCCC(=O)OC. The highest BCUT2D eigenvalue weighted by atomic mass is 16.5. The van der Waals surface area contributed by atoms with Crippen LogP contribution in [0.2, 0.25) is 0 Å². The standard InChI is InChI=1S/C19H30O2/c1-3-4-5-6-7-8-9-10-11-12-13-14-15-16-17-18-19(20)21-2/h3,6-8,11-18H2,1-2H3. The summed E-state index contributed by atoms with van der Waals surface area (Å²) >= 11 is 0. The second kappa shape index (κ2) is 16.6. The lowest BCUT2D eigenvalue weighted by Gasteiger charge is -2.00. The van der Waals surface area contributed by atoms with Gasteiger partial charge in [0.15, 0.2) is 0 Å². The third-order valence-corrected chi connectivity index (χ3v) is 3.19. The highest BCUT2D eigenvalue weighted by molar-refractivity contribution is 5.68. The molecule has 0 saturated carbocycles. The van der Waals surface area contributed by atoms with Gasteiger partial charge < -0.3 is 4.74 Å². The predicted molar refractivity (Wildman–Crippen MR) is 88.6 cm³/mol. The van der Waals surface area contributed by atoms with Crippen LogP contribution in [0, 0.1) is 23.7 Å². The summed E-state index contributed by atoms with van der Waals surface area (Å²) < 4.78 is 4.61. The van der Waals surface area contributed by atoms with Gasteiger partial charge in [-0.3, -0.25) is 4.79 Å². The molecule has 2 heteroatoms. The van der Waals surface area contributed by atoms with Crippen LogP contribution < -0.4 is 0 Å². The van der Waals surface area contributed by atoms with E-state index in [9.17, 15) is 4.79 Å². The summed E-state index contributed by atoms with van der Waals surface area (Å²) in [7, 11) is 1.45. The second-order valence-corrected chi connectivity index (χ2v) is 5.11. The van der Waals surface area contributed by atoms with Crippen molar-refractivity contribution in [1.82, 2.24) is 0 Å². The van der Waals surface area contributed by atoms with Crippen LogP contribution in [0.4, 0.5) is 0 Å². The Morgan fingerprint density at radius 2 is 1.29 bits per heavy atom. The van der Waals surface area contributed by atoms with Crippen LogP contribution in [0.15, 0.2) is 0 Å². The maximum absolute atomic E-state index is 10.9. The first-order valence-electron chi connectivity index (χ1n) is 8.29. The van der Waals surface area contributed by atoms with Crippen LogP contribution in [-0.4, -0.2) is 13.1 Å². The number of hydrogen-bond donors (Lipinski definition) is 0. The normalized spacial score (nSPS) is 9.24. The lowest BCUT2D eigenvalue weighted by Crippen LogP contribution is -1.99. The van der Waals surface area contributed by atoms with Crippen LogP contribution >= 0.6 is 0 Å². The largest absolute Gasteiger partial charge is 0.469 e. The number of carbonyl (C=O) groups excluding carboxylic acids is 1. The van der Waals surface area contributed by atoms with Crippen molar-refractivity contribution in [2.24, 2.45) is 0 Å². The molecule has 0 aromatic rings. The Kier molecular flexibility index (Phi) is 15.5. The zero-order valence-electron chi connectivity index (χ0n) is 13.8. The number of methoxy groups -OCH3 is 1. The van der Waals surface area contributed by atoms with Gasteiger partial charge in [0.2, 0.25) is 0 Å². The molecular weight excluding hydrogens is 260 g/mol. The molecule has 0 rings (SSSR count). The molecule has 0 amide bonds. The van der Waals surface area contributed by atoms with E-state index in [1.807, 2.05) is 0 Å². The van der Waals surface area contributed by atoms with Gasteiger partial charge in [0.05, 0.1) is 7.11 Å². The number of carbonyl (C=O) groups is 1. The van der Waals surface area contributed by atoms with Gasteiger partial charge in [-0.05, 0) is 19.3 Å². The zero-order valence-corrected chi connectivity index (χ0v) is 13.8. The van der Waals surface area contributed by atoms with Gasteiger partial charge >= 0.3 is 5.97 Å². The molecule has 21 heavy (non-hydrogen) atoms. The van der Waals surface area contributed by atoms with Gasteiger partial charge in [-0.2, -0.15) is 0 Å². The van der Waals surface area contributed by atoms with Gasteiger partial charge in [-0.1, -0.05) is 32.6 Å². The van der Waals surface area contributed by atoms with Crippen molar-refractivity contribution < 1.29 is 9.53 Å². The van der Waals surface area contributed by atoms with Gasteiger partial charge in [0.1, 0.15) is 0 Å². The molecule has 0 unspecified atom stereocenters. The first-order valence-corrected chi connectivity index (χ1v) is 8.29. The molecule has 0 heterocycles. The summed E-state index contributed by atoms with van der Waals surface area (Å²) in [5.41, 5.74) is 0. The first-order chi connectivity index (χ1) is 10.3. The molecule has 0 saturated heterocycles. The van der Waals surface area contributed by atoms with E-state index in [1.165, 1.54) is 32.8 Å². The minimum atomic E-state index is -0.0917. The fourth-order valence-electron chi connectivity index (χ4n) is 1.95. The van der Waals surface area contributed by atoms with Gasteiger partial charge in [-0.25, -0.2) is 0 Å². The number of unbranched alkanes of at least 4 members (excludes halogenated alkanes) is 8. The minimum Gasteiger partial charge on any atom is -0.469 e. The third kappa shape index (κ3) is 16.5. The molecule has 0 aromatic heterocycles. The Labute approximate surface area is 131 Å². The fourth-order valence-corrected chi connectivity index (χ4v) is 1.95.